The first kappa shape index (κ1) is 28.8. The van der Waals surface area contributed by atoms with Crippen LogP contribution in [0.5, 0.6) is 0 Å². The maximum atomic E-state index is 11.5. The highest BCUT2D eigenvalue weighted by atomic mass is 32.1. The predicted octanol–water partition coefficient (Wildman–Crippen LogP) is 5.65. The molecule has 1 aromatic heterocycles. The molecule has 0 radical (unpaired) electrons. The Balaban J connectivity index is 0.000000299. The van der Waals surface area contributed by atoms with Crippen LogP contribution in [0.2, 0.25) is 0 Å². The Morgan fingerprint density at radius 3 is 2.32 bits per heavy atom. The van der Waals surface area contributed by atoms with E-state index in [1.54, 1.807) is 7.05 Å². The topological polar surface area (TPSA) is 108 Å². The smallest absolute Gasteiger partial charge is 0.251 e. The number of nitrogens with two attached hydrogens (primary N) is 1. The molecule has 0 saturated heterocycles. The van der Waals surface area contributed by atoms with E-state index in [9.17, 15) is 9.59 Å². The summed E-state index contributed by atoms with van der Waals surface area (Å²) in [5, 5.41) is 17.2. The zero-order valence-electron chi connectivity index (χ0n) is 20.8. The maximum Gasteiger partial charge on any atom is 0.251 e. The number of carbonyl (C=O) groups is 2. The van der Waals surface area contributed by atoms with E-state index in [0.29, 0.717) is 10.6 Å². The van der Waals surface area contributed by atoms with Crippen molar-refractivity contribution in [2.45, 2.75) is 53.4 Å². The largest absolute Gasteiger partial charge is 0.355 e. The number of anilines is 1. The zero-order valence-corrected chi connectivity index (χ0v) is 21.6. The van der Waals surface area contributed by atoms with Crippen molar-refractivity contribution >= 4 is 38.9 Å². The summed E-state index contributed by atoms with van der Waals surface area (Å²) >= 11 is 1.52. The highest BCUT2D eigenvalue weighted by molar-refractivity contribution is 7.16. The molecule has 1 aliphatic carbocycles. The third-order valence-electron chi connectivity index (χ3n) is 4.98. The van der Waals surface area contributed by atoms with Crippen LogP contribution < -0.4 is 16.4 Å². The van der Waals surface area contributed by atoms with Crippen LogP contribution in [0.1, 0.15) is 66.9 Å². The van der Waals surface area contributed by atoms with Crippen molar-refractivity contribution in [3.63, 3.8) is 0 Å². The number of amides is 2. The summed E-state index contributed by atoms with van der Waals surface area (Å²) in [5.74, 6) is -0.281. The summed E-state index contributed by atoms with van der Waals surface area (Å²) < 4.78 is 0. The quantitative estimate of drug-likeness (QED) is 0.450. The van der Waals surface area contributed by atoms with Gasteiger partial charge in [0.05, 0.1) is 12.1 Å². The summed E-state index contributed by atoms with van der Waals surface area (Å²) in [7, 11) is 1.64. The second kappa shape index (κ2) is 15.6. The molecule has 4 rings (SSSR count). The number of fused-ring (bicyclic) bond motifs is 2. The maximum absolute atomic E-state index is 11.5. The normalized spacial score (nSPS) is 11.1. The number of nitrogens with one attached hydrogen (secondary N) is 2. The summed E-state index contributed by atoms with van der Waals surface area (Å²) in [4.78, 5) is 24.0. The summed E-state index contributed by atoms with van der Waals surface area (Å²) in [6, 6.07) is 15.8. The Morgan fingerprint density at radius 2 is 1.68 bits per heavy atom. The summed E-state index contributed by atoms with van der Waals surface area (Å²) in [6.07, 6.45) is 4.27. The number of rotatable bonds is 3. The van der Waals surface area contributed by atoms with Crippen LogP contribution in [0.4, 0.5) is 5.00 Å². The van der Waals surface area contributed by atoms with E-state index in [4.69, 9.17) is 11.0 Å². The molecule has 182 valence electrons. The molecule has 3 aromatic rings. The number of aryl methyl sites for hydroxylation is 1. The van der Waals surface area contributed by atoms with Crippen molar-refractivity contribution in [3.8, 4) is 6.07 Å². The molecule has 2 amide bonds. The lowest BCUT2D eigenvalue weighted by atomic mass is 9.96. The van der Waals surface area contributed by atoms with Crippen molar-refractivity contribution < 1.29 is 9.59 Å². The second-order valence-electron chi connectivity index (χ2n) is 6.88. The van der Waals surface area contributed by atoms with Crippen molar-refractivity contribution in [1.29, 1.82) is 5.26 Å². The SMILES string of the molecule is CC.CC.CNC(=O)c1cccc2ccccc12.N#Cc1c(NC(=O)CN)sc2c1CCCC2. The molecule has 6 nitrogen and oxygen atoms in total. The molecule has 0 saturated carbocycles. The first-order valence-electron chi connectivity index (χ1n) is 11.8. The van der Waals surface area contributed by atoms with Gasteiger partial charge in [-0.3, -0.25) is 9.59 Å². The molecule has 1 aliphatic rings. The number of hydrogen-bond acceptors (Lipinski definition) is 5. The van der Waals surface area contributed by atoms with Crippen molar-refractivity contribution in [1.82, 2.24) is 5.32 Å². The van der Waals surface area contributed by atoms with Crippen molar-refractivity contribution in [2.75, 3.05) is 18.9 Å². The van der Waals surface area contributed by atoms with E-state index < -0.39 is 0 Å². The van der Waals surface area contributed by atoms with Crippen LogP contribution in [-0.2, 0) is 17.6 Å². The lowest BCUT2D eigenvalue weighted by molar-refractivity contribution is -0.114. The van der Waals surface area contributed by atoms with Crippen LogP contribution in [0.25, 0.3) is 10.8 Å². The first-order chi connectivity index (χ1) is 16.6. The Morgan fingerprint density at radius 1 is 1.03 bits per heavy atom. The van der Waals surface area contributed by atoms with Crippen LogP contribution in [0, 0.1) is 11.3 Å². The van der Waals surface area contributed by atoms with Crippen molar-refractivity contribution in [3.05, 3.63) is 64.0 Å². The van der Waals surface area contributed by atoms with Crippen LogP contribution >= 0.6 is 11.3 Å². The van der Waals surface area contributed by atoms with E-state index in [-0.39, 0.29) is 18.4 Å². The molecular formula is C27H36N4O2S. The number of thiophene rings is 1. The van der Waals surface area contributed by atoms with Crippen molar-refractivity contribution in [2.24, 2.45) is 5.73 Å². The number of hydrogen-bond donors (Lipinski definition) is 3. The first-order valence-corrected chi connectivity index (χ1v) is 12.6. The van der Waals surface area contributed by atoms with Gasteiger partial charge in [-0.25, -0.2) is 0 Å². The van der Waals surface area contributed by atoms with Gasteiger partial charge in [-0.1, -0.05) is 64.1 Å². The Hall–Kier alpha value is -3.21. The van der Waals surface area contributed by atoms with E-state index in [1.807, 2.05) is 70.2 Å². The Kier molecular flexibility index (Phi) is 13.2. The third-order valence-corrected chi connectivity index (χ3v) is 6.19. The monoisotopic (exact) mass is 480 g/mol. The zero-order chi connectivity index (χ0) is 25.5. The van der Waals surface area contributed by atoms with Crippen LogP contribution in [0.15, 0.2) is 42.5 Å². The van der Waals surface area contributed by atoms with Crippen LogP contribution in [0.3, 0.4) is 0 Å². The highest BCUT2D eigenvalue weighted by Crippen LogP contribution is 2.37. The molecule has 0 fully saturated rings. The van der Waals surface area contributed by atoms with E-state index in [2.05, 4.69) is 16.7 Å². The van der Waals surface area contributed by atoms with Gasteiger partial charge in [-0.05, 0) is 48.1 Å². The second-order valence-corrected chi connectivity index (χ2v) is 7.99. The Labute approximate surface area is 207 Å². The third kappa shape index (κ3) is 7.41. The van der Waals surface area contributed by atoms with Gasteiger partial charge in [0.2, 0.25) is 5.91 Å². The van der Waals surface area contributed by atoms with Gasteiger partial charge in [-0.15, -0.1) is 11.3 Å². The average Bonchev–Trinajstić information content (AvgIpc) is 3.27. The molecule has 34 heavy (non-hydrogen) atoms. The van der Waals surface area contributed by atoms with Gasteiger partial charge in [0.1, 0.15) is 11.1 Å². The number of benzene rings is 2. The van der Waals surface area contributed by atoms with Gasteiger partial charge in [0, 0.05) is 17.5 Å². The molecule has 0 unspecified atom stereocenters. The number of nitrogens with zero attached hydrogens (tertiary/aromatic N) is 1. The molecule has 2 aromatic carbocycles. The molecule has 0 bridgehead atoms. The van der Waals surface area contributed by atoms with E-state index in [0.717, 1.165) is 41.2 Å². The minimum absolute atomic E-state index is 0.0400. The minimum atomic E-state index is -0.241. The Bertz CT molecular complexity index is 1110. The van der Waals surface area contributed by atoms with Crippen LogP contribution in [-0.4, -0.2) is 25.4 Å². The molecule has 4 N–H and O–H groups in total. The van der Waals surface area contributed by atoms with Gasteiger partial charge in [-0.2, -0.15) is 5.26 Å². The molecule has 0 atom stereocenters. The predicted molar refractivity (Wildman–Crippen MR) is 143 cm³/mol. The molecule has 0 spiro atoms. The van der Waals surface area contributed by atoms with Gasteiger partial charge >= 0.3 is 0 Å². The average molecular weight is 481 g/mol. The number of nitriles is 1. The minimum Gasteiger partial charge on any atom is -0.355 e. The molecular weight excluding hydrogens is 444 g/mol. The molecule has 1 heterocycles. The summed E-state index contributed by atoms with van der Waals surface area (Å²) in [5.41, 5.74) is 7.74. The fourth-order valence-corrected chi connectivity index (χ4v) is 4.76. The van der Waals surface area contributed by atoms with Gasteiger partial charge < -0.3 is 16.4 Å². The lowest BCUT2D eigenvalue weighted by Crippen LogP contribution is -2.21. The molecule has 0 aliphatic heterocycles. The summed E-state index contributed by atoms with van der Waals surface area (Å²) in [6.45, 7) is 7.95. The fraction of sp³-hybridized carbons (Fsp3) is 0.370. The number of carbonyl (C=O) groups excluding carboxylic acids is 2. The highest BCUT2D eigenvalue weighted by Gasteiger charge is 2.21. The standard InChI is InChI=1S/C12H11NO.C11H13N3OS.2C2H6/c1-13-12(14)11-8-4-6-9-5-2-3-7-10(9)11;12-5-8-7-3-1-2-4-9(7)16-11(8)14-10(15)6-13;2*1-2/h2-8H,1H3,(H,13,14);1-4,6,13H2,(H,14,15);2*1-2H3. The fourth-order valence-electron chi connectivity index (χ4n) is 3.51. The molecule has 7 heteroatoms. The van der Waals surface area contributed by atoms with E-state index in [1.165, 1.54) is 22.6 Å². The lowest BCUT2D eigenvalue weighted by Gasteiger charge is -2.09. The van der Waals surface area contributed by atoms with Gasteiger partial charge in [0.25, 0.3) is 5.91 Å². The van der Waals surface area contributed by atoms with E-state index >= 15 is 0 Å². The van der Waals surface area contributed by atoms with Gasteiger partial charge in [0.15, 0.2) is 0 Å².